The molecule has 0 radical (unpaired) electrons. The highest BCUT2D eigenvalue weighted by Gasteiger charge is 2.03. The van der Waals surface area contributed by atoms with Crippen LogP contribution in [0.3, 0.4) is 0 Å². The van der Waals surface area contributed by atoms with Gasteiger partial charge in [-0.25, -0.2) is 4.39 Å². The molecule has 0 unspecified atom stereocenters. The van der Waals surface area contributed by atoms with Crippen LogP contribution < -0.4 is 0 Å². The molecule has 2 aromatic carbocycles. The molecule has 0 spiro atoms. The predicted molar refractivity (Wildman–Crippen MR) is 71.8 cm³/mol. The molecular formula is C15H10ClFO. The number of hydrogen-bond donors (Lipinski definition) is 0. The first-order valence-corrected chi connectivity index (χ1v) is 5.76. The maximum Gasteiger partial charge on any atom is 0.150 e. The predicted octanol–water partition coefficient (Wildman–Crippen LogP) is 4.22. The van der Waals surface area contributed by atoms with Crippen molar-refractivity contribution < 1.29 is 9.18 Å². The first-order valence-electron chi connectivity index (χ1n) is 5.38. The minimum Gasteiger partial charge on any atom is -0.298 e. The normalized spacial score (nSPS) is 11.3. The molecule has 0 N–H and O–H groups in total. The summed E-state index contributed by atoms with van der Waals surface area (Å²) in [7, 11) is 0. The van der Waals surface area contributed by atoms with E-state index in [1.807, 2.05) is 18.2 Å². The van der Waals surface area contributed by atoms with Crippen molar-refractivity contribution in [3.05, 3.63) is 70.5 Å². The van der Waals surface area contributed by atoms with Gasteiger partial charge in [0, 0.05) is 10.6 Å². The lowest BCUT2D eigenvalue weighted by Gasteiger charge is -2.02. The highest BCUT2D eigenvalue weighted by atomic mass is 35.5. The first-order chi connectivity index (χ1) is 8.70. The van der Waals surface area contributed by atoms with Crippen LogP contribution in [0.4, 0.5) is 4.39 Å². The zero-order chi connectivity index (χ0) is 13.0. The van der Waals surface area contributed by atoms with Crippen molar-refractivity contribution in [1.82, 2.24) is 0 Å². The molecule has 0 aliphatic carbocycles. The Bertz CT molecular complexity index is 588. The topological polar surface area (TPSA) is 17.1 Å². The van der Waals surface area contributed by atoms with Crippen LogP contribution in [0.25, 0.3) is 11.6 Å². The molecule has 0 heterocycles. The minimum atomic E-state index is -0.332. The van der Waals surface area contributed by atoms with Crippen molar-refractivity contribution in [3.63, 3.8) is 0 Å². The van der Waals surface area contributed by atoms with Gasteiger partial charge in [0.2, 0.25) is 0 Å². The Balaban J connectivity index is 2.43. The molecule has 0 aliphatic rings. The Morgan fingerprint density at radius 3 is 2.50 bits per heavy atom. The second kappa shape index (κ2) is 5.61. The number of allylic oxidation sites excluding steroid dienone is 1. The van der Waals surface area contributed by atoms with Crippen LogP contribution in [0.15, 0.2) is 48.5 Å². The van der Waals surface area contributed by atoms with E-state index >= 15 is 0 Å². The number of halogens is 2. The molecule has 0 saturated heterocycles. The molecule has 3 heteroatoms. The summed E-state index contributed by atoms with van der Waals surface area (Å²) >= 11 is 6.02. The van der Waals surface area contributed by atoms with E-state index in [2.05, 4.69) is 0 Å². The Kier molecular flexibility index (Phi) is 3.90. The summed E-state index contributed by atoms with van der Waals surface area (Å²) in [5, 5.41) is 0.568. The van der Waals surface area contributed by atoms with E-state index in [9.17, 15) is 9.18 Å². The molecule has 2 aromatic rings. The van der Waals surface area contributed by atoms with Crippen molar-refractivity contribution in [3.8, 4) is 0 Å². The van der Waals surface area contributed by atoms with Crippen molar-refractivity contribution in [2.75, 3.05) is 0 Å². The highest BCUT2D eigenvalue weighted by Crippen LogP contribution is 2.22. The molecule has 2 rings (SSSR count). The number of aldehydes is 1. The maximum absolute atomic E-state index is 12.8. The van der Waals surface area contributed by atoms with Gasteiger partial charge in [0.1, 0.15) is 5.82 Å². The summed E-state index contributed by atoms with van der Waals surface area (Å²) in [4.78, 5) is 11.1. The van der Waals surface area contributed by atoms with Gasteiger partial charge in [-0.1, -0.05) is 41.9 Å². The number of hydrogen-bond acceptors (Lipinski definition) is 1. The van der Waals surface area contributed by atoms with Crippen LogP contribution in [0.5, 0.6) is 0 Å². The van der Waals surface area contributed by atoms with Crippen LogP contribution >= 0.6 is 11.6 Å². The van der Waals surface area contributed by atoms with E-state index in [1.165, 1.54) is 12.1 Å². The Hall–Kier alpha value is -1.93. The maximum atomic E-state index is 12.8. The zero-order valence-corrected chi connectivity index (χ0v) is 10.2. The van der Waals surface area contributed by atoms with Crippen LogP contribution in [-0.2, 0) is 4.79 Å². The molecule has 0 amide bonds. The van der Waals surface area contributed by atoms with Gasteiger partial charge in [-0.2, -0.15) is 0 Å². The van der Waals surface area contributed by atoms with Gasteiger partial charge in [0.25, 0.3) is 0 Å². The lowest BCUT2D eigenvalue weighted by molar-refractivity contribution is -0.103. The van der Waals surface area contributed by atoms with Crippen LogP contribution in [0, 0.1) is 5.82 Å². The van der Waals surface area contributed by atoms with Crippen molar-refractivity contribution in [1.29, 1.82) is 0 Å². The van der Waals surface area contributed by atoms with Crippen LogP contribution in [-0.4, -0.2) is 6.29 Å². The number of benzene rings is 2. The third-order valence-corrected chi connectivity index (χ3v) is 2.86. The minimum absolute atomic E-state index is 0.332. The van der Waals surface area contributed by atoms with Crippen LogP contribution in [0.1, 0.15) is 11.1 Å². The van der Waals surface area contributed by atoms with Crippen molar-refractivity contribution in [2.24, 2.45) is 0 Å². The van der Waals surface area contributed by atoms with Gasteiger partial charge < -0.3 is 0 Å². The second-order valence-electron chi connectivity index (χ2n) is 3.75. The number of carbonyl (C=O) groups is 1. The van der Waals surface area contributed by atoms with Gasteiger partial charge in [0.05, 0.1) is 0 Å². The fraction of sp³-hybridized carbons (Fsp3) is 0. The SMILES string of the molecule is O=C/C(=C/c1ccccc1Cl)[14c]1[14cH][14cH][14c](F)[14cH][14cH]1. The number of rotatable bonds is 3. The van der Waals surface area contributed by atoms with Crippen molar-refractivity contribution in [2.45, 2.75) is 0 Å². The average molecular weight is 273 g/mol. The quantitative estimate of drug-likeness (QED) is 0.464. The van der Waals surface area contributed by atoms with E-state index in [1.54, 1.807) is 24.3 Å². The fourth-order valence-corrected chi connectivity index (χ4v) is 1.78. The Morgan fingerprint density at radius 1 is 1.22 bits per heavy atom. The second-order valence-corrected chi connectivity index (χ2v) is 4.15. The summed E-state index contributed by atoms with van der Waals surface area (Å²) in [5.74, 6) is -0.332. The molecule has 90 valence electrons. The number of carbonyl (C=O) groups excluding carboxylic acids is 1. The summed E-state index contributed by atoms with van der Waals surface area (Å²) in [6, 6.07) is 13.0. The largest absolute Gasteiger partial charge is 0.298 e. The van der Waals surface area contributed by atoms with Gasteiger partial charge in [-0.15, -0.1) is 0 Å². The smallest absolute Gasteiger partial charge is 0.150 e. The molecule has 18 heavy (non-hydrogen) atoms. The molecule has 0 saturated carbocycles. The zero-order valence-electron chi connectivity index (χ0n) is 9.44. The molecule has 1 nitrogen and oxygen atoms in total. The molecule has 0 aliphatic heterocycles. The lowest BCUT2D eigenvalue weighted by Crippen LogP contribution is -1.87. The van der Waals surface area contributed by atoms with E-state index in [0.717, 1.165) is 11.8 Å². The lowest BCUT2D eigenvalue weighted by atomic mass is 10.2. The average Bonchev–Trinajstić information content (AvgIpc) is 2.39. The van der Waals surface area contributed by atoms with E-state index in [-0.39, 0.29) is 5.82 Å². The summed E-state index contributed by atoms with van der Waals surface area (Å²) in [6.45, 7) is 0. The van der Waals surface area contributed by atoms with Gasteiger partial charge in [-0.3, -0.25) is 4.79 Å². The summed E-state index contributed by atoms with van der Waals surface area (Å²) in [6.07, 6.45) is 2.42. The van der Waals surface area contributed by atoms with Crippen LogP contribution in [0.2, 0.25) is 5.02 Å². The molecule has 0 atom stereocenters. The van der Waals surface area contributed by atoms with E-state index < -0.39 is 0 Å². The summed E-state index contributed by atoms with van der Waals surface area (Å²) < 4.78 is 12.8. The highest BCUT2D eigenvalue weighted by molar-refractivity contribution is 6.32. The third-order valence-electron chi connectivity index (χ3n) is 2.52. The molecular weight excluding hydrogens is 263 g/mol. The van der Waals surface area contributed by atoms with E-state index in [4.69, 9.17) is 11.6 Å². The van der Waals surface area contributed by atoms with Gasteiger partial charge in [-0.05, 0) is 35.4 Å². The molecule has 0 aromatic heterocycles. The Morgan fingerprint density at radius 2 is 1.89 bits per heavy atom. The van der Waals surface area contributed by atoms with Gasteiger partial charge in [0.15, 0.2) is 6.29 Å². The monoisotopic (exact) mass is 272 g/mol. The van der Waals surface area contributed by atoms with E-state index in [0.29, 0.717) is 16.2 Å². The van der Waals surface area contributed by atoms with Crippen molar-refractivity contribution >= 4 is 29.5 Å². The standard InChI is InChI=1S/C15H10ClFO/c16-15-4-2-1-3-12(15)9-13(10-18)11-5-7-14(17)8-6-11/h1-10H/b13-9-/i5+2,6+2,7+2,8+2,11+2,14+2. The van der Waals surface area contributed by atoms with Gasteiger partial charge >= 0.3 is 0 Å². The first kappa shape index (κ1) is 12.5. The third kappa shape index (κ3) is 2.84. The molecule has 0 bridgehead atoms. The Labute approximate surface area is 110 Å². The summed E-state index contributed by atoms with van der Waals surface area (Å²) in [5.41, 5.74) is 1.88. The fourth-order valence-electron chi connectivity index (χ4n) is 1.59. The molecule has 0 fully saturated rings.